The van der Waals surface area contributed by atoms with Crippen molar-refractivity contribution in [1.82, 2.24) is 0 Å². The Kier molecular flexibility index (Phi) is 6.00. The quantitative estimate of drug-likeness (QED) is 0.659. The summed E-state index contributed by atoms with van der Waals surface area (Å²) >= 11 is 0. The molecule has 0 bridgehead atoms. The van der Waals surface area contributed by atoms with Crippen LogP contribution in [0.2, 0.25) is 0 Å². The summed E-state index contributed by atoms with van der Waals surface area (Å²) in [6, 6.07) is 0. The molecule has 84 valence electrons. The third-order valence-corrected chi connectivity index (χ3v) is 4.43. The minimum Gasteiger partial charge on any atom is -0.300 e. The second kappa shape index (κ2) is 6.17. The molecule has 14 heavy (non-hydrogen) atoms. The molecule has 0 aromatic heterocycles. The summed E-state index contributed by atoms with van der Waals surface area (Å²) in [6.45, 7) is 5.29. The first-order valence-corrected chi connectivity index (χ1v) is 6.85. The summed E-state index contributed by atoms with van der Waals surface area (Å²) in [5.74, 6) is 0.312. The highest BCUT2D eigenvalue weighted by Gasteiger charge is 2.15. The van der Waals surface area contributed by atoms with Crippen molar-refractivity contribution in [1.29, 1.82) is 0 Å². The minimum atomic E-state index is -2.96. The molecule has 4 heteroatoms. The monoisotopic (exact) mass is 220 g/mol. The zero-order valence-electron chi connectivity index (χ0n) is 9.25. The predicted octanol–water partition coefficient (Wildman–Crippen LogP) is 1.96. The van der Waals surface area contributed by atoms with Gasteiger partial charge in [-0.2, -0.15) is 0 Å². The van der Waals surface area contributed by atoms with Crippen LogP contribution in [0.25, 0.3) is 0 Å². The molecule has 0 radical (unpaired) electrons. The molecule has 0 fully saturated rings. The summed E-state index contributed by atoms with van der Waals surface area (Å²) in [4.78, 5) is 11.1. The van der Waals surface area contributed by atoms with Crippen molar-refractivity contribution >= 4 is 15.6 Å². The maximum Gasteiger partial charge on any atom is 0.152 e. The van der Waals surface area contributed by atoms with Gasteiger partial charge in [0.15, 0.2) is 9.84 Å². The molecule has 0 saturated carbocycles. The molecule has 0 aromatic carbocycles. The lowest BCUT2D eigenvalue weighted by Crippen LogP contribution is -2.18. The van der Waals surface area contributed by atoms with Crippen LogP contribution in [0, 0.1) is 0 Å². The maximum atomic E-state index is 11.4. The van der Waals surface area contributed by atoms with E-state index in [-0.39, 0.29) is 16.8 Å². The van der Waals surface area contributed by atoms with Crippen LogP contribution in [0.3, 0.4) is 0 Å². The van der Waals surface area contributed by atoms with Gasteiger partial charge in [-0.05, 0) is 26.7 Å². The Morgan fingerprint density at radius 2 is 1.79 bits per heavy atom. The Bertz CT molecular complexity index is 265. The molecule has 0 saturated heterocycles. The van der Waals surface area contributed by atoms with Gasteiger partial charge < -0.3 is 0 Å². The number of hydrogen-bond acceptors (Lipinski definition) is 3. The molecule has 0 unspecified atom stereocenters. The standard InChI is InChI=1S/C10H20O3S/c1-4-6-10(11)7-5-8-14(12,13)9(2)3/h9H,4-8H2,1-3H3. The Morgan fingerprint density at radius 1 is 1.21 bits per heavy atom. The van der Waals surface area contributed by atoms with Gasteiger partial charge in [-0.3, -0.25) is 4.79 Å². The van der Waals surface area contributed by atoms with E-state index in [1.165, 1.54) is 0 Å². The second-order valence-electron chi connectivity index (χ2n) is 3.81. The average molecular weight is 220 g/mol. The van der Waals surface area contributed by atoms with E-state index >= 15 is 0 Å². The van der Waals surface area contributed by atoms with Gasteiger partial charge in [0.1, 0.15) is 5.78 Å². The highest BCUT2D eigenvalue weighted by Crippen LogP contribution is 2.06. The van der Waals surface area contributed by atoms with E-state index in [9.17, 15) is 13.2 Å². The van der Waals surface area contributed by atoms with E-state index in [0.29, 0.717) is 19.3 Å². The van der Waals surface area contributed by atoms with Crippen LogP contribution in [-0.4, -0.2) is 25.2 Å². The fourth-order valence-corrected chi connectivity index (χ4v) is 2.13. The Balaban J connectivity index is 3.80. The fraction of sp³-hybridized carbons (Fsp3) is 0.900. The lowest BCUT2D eigenvalue weighted by molar-refractivity contribution is -0.119. The van der Waals surface area contributed by atoms with Crippen molar-refractivity contribution in [3.05, 3.63) is 0 Å². The molecular formula is C10H20O3S. The van der Waals surface area contributed by atoms with Crippen LogP contribution in [0.1, 0.15) is 46.5 Å². The normalized spacial score (nSPS) is 12.0. The van der Waals surface area contributed by atoms with Crippen molar-refractivity contribution in [2.45, 2.75) is 51.7 Å². The molecule has 0 atom stereocenters. The van der Waals surface area contributed by atoms with Crippen molar-refractivity contribution in [2.24, 2.45) is 0 Å². The third-order valence-electron chi connectivity index (χ3n) is 2.13. The van der Waals surface area contributed by atoms with Crippen LogP contribution in [-0.2, 0) is 14.6 Å². The highest BCUT2D eigenvalue weighted by atomic mass is 32.2. The smallest absolute Gasteiger partial charge is 0.152 e. The van der Waals surface area contributed by atoms with E-state index in [1.807, 2.05) is 6.92 Å². The minimum absolute atomic E-state index is 0.139. The largest absolute Gasteiger partial charge is 0.300 e. The van der Waals surface area contributed by atoms with E-state index in [1.54, 1.807) is 13.8 Å². The van der Waals surface area contributed by atoms with Gasteiger partial charge in [0.05, 0.1) is 11.0 Å². The molecule has 0 spiro atoms. The maximum absolute atomic E-state index is 11.4. The number of rotatable bonds is 7. The van der Waals surface area contributed by atoms with Gasteiger partial charge in [0, 0.05) is 12.8 Å². The van der Waals surface area contributed by atoms with Crippen molar-refractivity contribution in [3.63, 3.8) is 0 Å². The number of hydrogen-bond donors (Lipinski definition) is 0. The van der Waals surface area contributed by atoms with E-state index in [0.717, 1.165) is 6.42 Å². The Morgan fingerprint density at radius 3 is 2.21 bits per heavy atom. The number of carbonyl (C=O) groups excluding carboxylic acids is 1. The van der Waals surface area contributed by atoms with Gasteiger partial charge in [-0.1, -0.05) is 6.92 Å². The zero-order chi connectivity index (χ0) is 11.2. The van der Waals surface area contributed by atoms with Crippen molar-refractivity contribution < 1.29 is 13.2 Å². The first-order valence-electron chi connectivity index (χ1n) is 5.13. The average Bonchev–Trinajstić information content (AvgIpc) is 2.04. The van der Waals surface area contributed by atoms with Crippen LogP contribution >= 0.6 is 0 Å². The van der Waals surface area contributed by atoms with Crippen LogP contribution < -0.4 is 0 Å². The summed E-state index contributed by atoms with van der Waals surface area (Å²) in [5.41, 5.74) is 0. The number of sulfone groups is 1. The van der Waals surface area contributed by atoms with Gasteiger partial charge in [0.25, 0.3) is 0 Å². The molecule has 0 heterocycles. The molecule has 0 aliphatic rings. The molecule has 0 N–H and O–H groups in total. The van der Waals surface area contributed by atoms with Crippen LogP contribution in [0.15, 0.2) is 0 Å². The number of carbonyl (C=O) groups is 1. The van der Waals surface area contributed by atoms with E-state index in [2.05, 4.69) is 0 Å². The second-order valence-corrected chi connectivity index (χ2v) is 6.48. The molecule has 0 aliphatic heterocycles. The van der Waals surface area contributed by atoms with E-state index < -0.39 is 9.84 Å². The van der Waals surface area contributed by atoms with Gasteiger partial charge in [-0.25, -0.2) is 8.42 Å². The predicted molar refractivity (Wildman–Crippen MR) is 58.1 cm³/mol. The summed E-state index contributed by atoms with van der Waals surface area (Å²) < 4.78 is 22.7. The molecule has 0 aromatic rings. The molecular weight excluding hydrogens is 200 g/mol. The number of Topliss-reactive ketones (excluding diaryl/α,β-unsaturated/α-hetero) is 1. The molecule has 0 rings (SSSR count). The molecule has 3 nitrogen and oxygen atoms in total. The first kappa shape index (κ1) is 13.6. The highest BCUT2D eigenvalue weighted by molar-refractivity contribution is 7.91. The molecule has 0 aliphatic carbocycles. The SMILES string of the molecule is CCCC(=O)CCCS(=O)(=O)C(C)C. The molecule has 0 amide bonds. The van der Waals surface area contributed by atoms with Gasteiger partial charge in [0.2, 0.25) is 0 Å². The van der Waals surface area contributed by atoms with Crippen LogP contribution in [0.4, 0.5) is 0 Å². The summed E-state index contributed by atoms with van der Waals surface area (Å²) in [5, 5.41) is -0.330. The topological polar surface area (TPSA) is 51.2 Å². The summed E-state index contributed by atoms with van der Waals surface area (Å²) in [7, 11) is -2.96. The fourth-order valence-electron chi connectivity index (χ4n) is 1.11. The third kappa shape index (κ3) is 5.37. The Labute approximate surface area is 86.8 Å². The zero-order valence-corrected chi connectivity index (χ0v) is 10.1. The number of ketones is 1. The lowest BCUT2D eigenvalue weighted by Gasteiger charge is -2.06. The van der Waals surface area contributed by atoms with Gasteiger partial charge >= 0.3 is 0 Å². The van der Waals surface area contributed by atoms with E-state index in [4.69, 9.17) is 0 Å². The van der Waals surface area contributed by atoms with Crippen molar-refractivity contribution in [2.75, 3.05) is 5.75 Å². The lowest BCUT2D eigenvalue weighted by atomic mass is 10.1. The van der Waals surface area contributed by atoms with Gasteiger partial charge in [-0.15, -0.1) is 0 Å². The van der Waals surface area contributed by atoms with Crippen molar-refractivity contribution in [3.8, 4) is 0 Å². The Hall–Kier alpha value is -0.380. The van der Waals surface area contributed by atoms with Crippen LogP contribution in [0.5, 0.6) is 0 Å². The first-order chi connectivity index (χ1) is 6.40. The summed E-state index contributed by atoms with van der Waals surface area (Å²) in [6.07, 6.45) is 2.29.